The number of nitro benzene ring substituents is 1. The van der Waals surface area contributed by atoms with E-state index in [0.717, 1.165) is 12.1 Å². The minimum Gasteiger partial charge on any atom is -0.393 e. The molecule has 114 valence electrons. The van der Waals surface area contributed by atoms with Gasteiger partial charge in [-0.25, -0.2) is 0 Å². The summed E-state index contributed by atoms with van der Waals surface area (Å²) >= 11 is 11.8. The van der Waals surface area contributed by atoms with Crippen LogP contribution in [0, 0.1) is 16.0 Å². The van der Waals surface area contributed by atoms with Crippen molar-refractivity contribution in [2.24, 2.45) is 5.92 Å². The number of hydrogen-bond donors (Lipinski definition) is 1. The predicted molar refractivity (Wildman–Crippen MR) is 78.8 cm³/mol. The summed E-state index contributed by atoms with van der Waals surface area (Å²) in [7, 11) is 0. The lowest BCUT2D eigenvalue weighted by atomic mass is 10.0. The lowest BCUT2D eigenvalue weighted by Crippen LogP contribution is -2.30. The van der Waals surface area contributed by atoms with Gasteiger partial charge in [0.05, 0.1) is 26.6 Å². The van der Waals surface area contributed by atoms with Gasteiger partial charge in [-0.05, 0) is 13.3 Å². The molecule has 6 nitrogen and oxygen atoms in total. The summed E-state index contributed by atoms with van der Waals surface area (Å²) in [6, 6.07) is 2.25. The normalized spacial score (nSPS) is 19.6. The Labute approximate surface area is 131 Å². The second-order valence-corrected chi connectivity index (χ2v) is 5.87. The Balaban J connectivity index is 2.29. The average molecular weight is 333 g/mol. The number of aliphatic hydroxyl groups excluding tert-OH is 1. The van der Waals surface area contributed by atoms with Gasteiger partial charge in [0.1, 0.15) is 0 Å². The molecule has 0 saturated carbocycles. The van der Waals surface area contributed by atoms with Gasteiger partial charge in [0.15, 0.2) is 0 Å². The highest BCUT2D eigenvalue weighted by Crippen LogP contribution is 2.32. The Morgan fingerprint density at radius 3 is 2.71 bits per heavy atom. The quantitative estimate of drug-likeness (QED) is 0.681. The lowest BCUT2D eigenvalue weighted by molar-refractivity contribution is -0.384. The van der Waals surface area contributed by atoms with Gasteiger partial charge in [-0.3, -0.25) is 14.9 Å². The van der Waals surface area contributed by atoms with E-state index in [1.807, 2.05) is 0 Å². The molecule has 1 fully saturated rings. The predicted octanol–water partition coefficient (Wildman–Crippen LogP) is 2.74. The van der Waals surface area contributed by atoms with Crippen LogP contribution in [-0.4, -0.2) is 40.0 Å². The Morgan fingerprint density at radius 2 is 2.19 bits per heavy atom. The SMILES string of the molecule is CC(O)C1CCN(C(=O)c2cc([N+](=O)[O-])cc(Cl)c2Cl)C1. The van der Waals surface area contributed by atoms with Crippen molar-refractivity contribution in [3.63, 3.8) is 0 Å². The number of carbonyl (C=O) groups is 1. The third kappa shape index (κ3) is 3.28. The Bertz CT molecular complexity index is 592. The van der Waals surface area contributed by atoms with Gasteiger partial charge < -0.3 is 10.0 Å². The number of hydrogen-bond acceptors (Lipinski definition) is 4. The van der Waals surface area contributed by atoms with E-state index in [1.54, 1.807) is 6.92 Å². The van der Waals surface area contributed by atoms with Gasteiger partial charge in [-0.2, -0.15) is 0 Å². The first kappa shape index (κ1) is 16.0. The van der Waals surface area contributed by atoms with Crippen LogP contribution < -0.4 is 0 Å². The van der Waals surface area contributed by atoms with Gasteiger partial charge >= 0.3 is 0 Å². The number of benzene rings is 1. The summed E-state index contributed by atoms with van der Waals surface area (Å²) in [5.41, 5.74) is -0.263. The zero-order valence-electron chi connectivity index (χ0n) is 11.3. The second-order valence-electron chi connectivity index (χ2n) is 5.09. The molecule has 0 spiro atoms. The lowest BCUT2D eigenvalue weighted by Gasteiger charge is -2.18. The van der Waals surface area contributed by atoms with Crippen molar-refractivity contribution in [2.45, 2.75) is 19.4 Å². The highest BCUT2D eigenvalue weighted by Gasteiger charge is 2.31. The van der Waals surface area contributed by atoms with Crippen molar-refractivity contribution >= 4 is 34.8 Å². The number of nitro groups is 1. The number of aliphatic hydroxyl groups is 1. The number of amides is 1. The minimum atomic E-state index is -0.623. The van der Waals surface area contributed by atoms with E-state index < -0.39 is 16.9 Å². The summed E-state index contributed by atoms with van der Waals surface area (Å²) < 4.78 is 0. The topological polar surface area (TPSA) is 83.7 Å². The number of carbonyl (C=O) groups excluding carboxylic acids is 1. The third-order valence-electron chi connectivity index (χ3n) is 3.65. The van der Waals surface area contributed by atoms with Crippen LogP contribution >= 0.6 is 23.2 Å². The van der Waals surface area contributed by atoms with Crippen molar-refractivity contribution in [1.82, 2.24) is 4.90 Å². The summed E-state index contributed by atoms with van der Waals surface area (Å²) in [6.07, 6.45) is 0.177. The van der Waals surface area contributed by atoms with Crippen LogP contribution in [0.1, 0.15) is 23.7 Å². The van der Waals surface area contributed by atoms with E-state index in [0.29, 0.717) is 19.5 Å². The molecule has 1 heterocycles. The molecule has 1 amide bonds. The first-order valence-electron chi connectivity index (χ1n) is 6.42. The Hall–Kier alpha value is -1.37. The van der Waals surface area contributed by atoms with Crippen LogP contribution in [0.5, 0.6) is 0 Å². The fraction of sp³-hybridized carbons (Fsp3) is 0.462. The maximum atomic E-state index is 12.4. The molecule has 0 aliphatic carbocycles. The van der Waals surface area contributed by atoms with Gasteiger partial charge in [-0.15, -0.1) is 0 Å². The van der Waals surface area contributed by atoms with Crippen LogP contribution in [0.4, 0.5) is 5.69 Å². The molecule has 0 radical (unpaired) electrons. The van der Waals surface area contributed by atoms with Crippen LogP contribution in [-0.2, 0) is 0 Å². The van der Waals surface area contributed by atoms with E-state index in [9.17, 15) is 20.0 Å². The molecule has 8 heteroatoms. The van der Waals surface area contributed by atoms with Crippen LogP contribution in [0.3, 0.4) is 0 Å². The van der Waals surface area contributed by atoms with Crippen LogP contribution in [0.15, 0.2) is 12.1 Å². The van der Waals surface area contributed by atoms with Crippen molar-refractivity contribution in [3.05, 3.63) is 37.9 Å². The molecule has 1 saturated heterocycles. The molecule has 0 bridgehead atoms. The summed E-state index contributed by atoms with van der Waals surface area (Å²) in [6.45, 7) is 2.55. The first-order valence-corrected chi connectivity index (χ1v) is 7.17. The second kappa shape index (κ2) is 6.17. The molecule has 0 aromatic heterocycles. The molecule has 1 N–H and O–H groups in total. The third-order valence-corrected chi connectivity index (χ3v) is 4.45. The zero-order chi connectivity index (χ0) is 15.7. The molecule has 2 unspecified atom stereocenters. The molecular formula is C13H14Cl2N2O4. The molecule has 2 rings (SSSR count). The molecule has 1 aromatic rings. The van der Waals surface area contributed by atoms with Crippen molar-refractivity contribution < 1.29 is 14.8 Å². The smallest absolute Gasteiger partial charge is 0.271 e. The number of non-ortho nitro benzene ring substituents is 1. The first-order chi connectivity index (χ1) is 9.81. The fourth-order valence-electron chi connectivity index (χ4n) is 2.37. The number of likely N-dealkylation sites (tertiary alicyclic amines) is 1. The molecule has 1 aliphatic rings. The summed E-state index contributed by atoms with van der Waals surface area (Å²) in [5.74, 6) is -0.407. The molecular weight excluding hydrogens is 319 g/mol. The molecule has 2 atom stereocenters. The maximum absolute atomic E-state index is 12.4. The van der Waals surface area contributed by atoms with E-state index in [2.05, 4.69) is 0 Å². The van der Waals surface area contributed by atoms with Crippen molar-refractivity contribution in [1.29, 1.82) is 0 Å². The monoisotopic (exact) mass is 332 g/mol. The highest BCUT2D eigenvalue weighted by atomic mass is 35.5. The van der Waals surface area contributed by atoms with E-state index in [1.165, 1.54) is 4.90 Å². The van der Waals surface area contributed by atoms with E-state index in [4.69, 9.17) is 23.2 Å². The minimum absolute atomic E-state index is 0.00176. The molecule has 21 heavy (non-hydrogen) atoms. The molecule has 1 aromatic carbocycles. The zero-order valence-corrected chi connectivity index (χ0v) is 12.8. The van der Waals surface area contributed by atoms with Gasteiger partial charge in [0.2, 0.25) is 0 Å². The largest absolute Gasteiger partial charge is 0.393 e. The van der Waals surface area contributed by atoms with E-state index in [-0.39, 0.29) is 27.2 Å². The standard InChI is InChI=1S/C13H14Cl2N2O4/c1-7(18)8-2-3-16(6-8)13(19)10-4-9(17(20)21)5-11(14)12(10)15/h4-5,7-8,18H,2-3,6H2,1H3. The van der Waals surface area contributed by atoms with Gasteiger partial charge in [0, 0.05) is 31.1 Å². The van der Waals surface area contributed by atoms with Crippen LogP contribution in [0.2, 0.25) is 10.0 Å². The number of halogens is 2. The van der Waals surface area contributed by atoms with E-state index >= 15 is 0 Å². The summed E-state index contributed by atoms with van der Waals surface area (Å²) in [4.78, 5) is 24.2. The Kier molecular flexibility index (Phi) is 4.70. The number of rotatable bonds is 3. The van der Waals surface area contributed by atoms with Gasteiger partial charge in [-0.1, -0.05) is 23.2 Å². The van der Waals surface area contributed by atoms with Crippen LogP contribution in [0.25, 0.3) is 0 Å². The van der Waals surface area contributed by atoms with Gasteiger partial charge in [0.25, 0.3) is 11.6 Å². The fourth-order valence-corrected chi connectivity index (χ4v) is 2.78. The van der Waals surface area contributed by atoms with Crippen molar-refractivity contribution in [3.8, 4) is 0 Å². The van der Waals surface area contributed by atoms with Crippen molar-refractivity contribution in [2.75, 3.05) is 13.1 Å². The Morgan fingerprint density at radius 1 is 1.52 bits per heavy atom. The maximum Gasteiger partial charge on any atom is 0.271 e. The highest BCUT2D eigenvalue weighted by molar-refractivity contribution is 6.44. The average Bonchev–Trinajstić information content (AvgIpc) is 2.90. The molecule has 1 aliphatic heterocycles. The summed E-state index contributed by atoms with van der Waals surface area (Å²) in [5, 5.41) is 20.4. The number of nitrogens with zero attached hydrogens (tertiary/aromatic N) is 2.